The van der Waals surface area contributed by atoms with Crippen LogP contribution in [0.2, 0.25) is 0 Å². The summed E-state index contributed by atoms with van der Waals surface area (Å²) in [4.78, 5) is 11.3. The van der Waals surface area contributed by atoms with E-state index >= 15 is 0 Å². The van der Waals surface area contributed by atoms with Gasteiger partial charge in [-0.2, -0.15) is 0 Å². The van der Waals surface area contributed by atoms with Gasteiger partial charge in [0.25, 0.3) is 0 Å². The molecule has 0 aliphatic heterocycles. The monoisotopic (exact) mass is 250 g/mol. The predicted octanol–water partition coefficient (Wildman–Crippen LogP) is 3.17. The van der Waals surface area contributed by atoms with Crippen molar-refractivity contribution in [1.29, 1.82) is 0 Å². The van der Waals surface area contributed by atoms with Crippen molar-refractivity contribution >= 4 is 5.97 Å². The van der Waals surface area contributed by atoms with Crippen LogP contribution in [0.15, 0.2) is 24.3 Å². The van der Waals surface area contributed by atoms with Gasteiger partial charge < -0.3 is 9.47 Å². The Morgan fingerprint density at radius 1 is 1.33 bits per heavy atom. The first kappa shape index (κ1) is 14.6. The second-order valence-electron chi connectivity index (χ2n) is 5.51. The number of carbonyl (C=O) groups excluding carboxylic acids is 1. The van der Waals surface area contributed by atoms with E-state index in [4.69, 9.17) is 4.74 Å². The Kier molecular flexibility index (Phi) is 4.76. The molecular formula is C15H22O3. The topological polar surface area (TPSA) is 35.5 Å². The van der Waals surface area contributed by atoms with Crippen molar-refractivity contribution in [2.75, 3.05) is 13.7 Å². The molecule has 100 valence electrons. The van der Waals surface area contributed by atoms with Crippen LogP contribution in [0.1, 0.15) is 33.3 Å². The van der Waals surface area contributed by atoms with Crippen molar-refractivity contribution in [3.05, 3.63) is 29.8 Å². The van der Waals surface area contributed by atoms with E-state index in [-0.39, 0.29) is 17.3 Å². The molecule has 0 fully saturated rings. The molecule has 0 saturated heterocycles. The van der Waals surface area contributed by atoms with Crippen molar-refractivity contribution in [1.82, 2.24) is 0 Å². The molecule has 0 heterocycles. The smallest absolute Gasteiger partial charge is 0.311 e. The van der Waals surface area contributed by atoms with Gasteiger partial charge in [0.15, 0.2) is 0 Å². The van der Waals surface area contributed by atoms with E-state index in [1.54, 1.807) is 6.92 Å². The zero-order valence-electron chi connectivity index (χ0n) is 11.8. The van der Waals surface area contributed by atoms with E-state index in [2.05, 4.69) is 31.6 Å². The van der Waals surface area contributed by atoms with E-state index in [0.29, 0.717) is 6.61 Å². The lowest BCUT2D eigenvalue weighted by atomic mass is 9.87. The molecule has 0 spiro atoms. The molecular weight excluding hydrogens is 228 g/mol. The van der Waals surface area contributed by atoms with Gasteiger partial charge >= 0.3 is 5.97 Å². The highest BCUT2D eigenvalue weighted by molar-refractivity contribution is 5.71. The third-order valence-corrected chi connectivity index (χ3v) is 2.80. The molecule has 0 aliphatic carbocycles. The molecule has 1 unspecified atom stereocenters. The first-order valence-electron chi connectivity index (χ1n) is 6.15. The minimum atomic E-state index is -0.256. The van der Waals surface area contributed by atoms with Gasteiger partial charge in [-0.15, -0.1) is 0 Å². The standard InChI is InChI=1S/C15H22O3/c1-11(14(16)17-5)10-18-13-8-6-7-12(9-13)15(2,3)4/h6-9,11H,10H2,1-5H3. The Bertz CT molecular complexity index is 404. The van der Waals surface area contributed by atoms with Gasteiger partial charge in [-0.25, -0.2) is 0 Å². The average molecular weight is 250 g/mol. The lowest BCUT2D eigenvalue weighted by Crippen LogP contribution is -2.20. The summed E-state index contributed by atoms with van der Waals surface area (Å²) in [5, 5.41) is 0. The van der Waals surface area contributed by atoms with Crippen LogP contribution in [0.4, 0.5) is 0 Å². The van der Waals surface area contributed by atoms with Crippen LogP contribution in [-0.4, -0.2) is 19.7 Å². The second kappa shape index (κ2) is 5.89. The molecule has 0 aliphatic rings. The average Bonchev–Trinajstić information content (AvgIpc) is 2.34. The van der Waals surface area contributed by atoms with Crippen LogP contribution >= 0.6 is 0 Å². The Balaban J connectivity index is 2.66. The minimum absolute atomic E-state index is 0.0906. The largest absolute Gasteiger partial charge is 0.493 e. The zero-order valence-corrected chi connectivity index (χ0v) is 11.8. The highest BCUT2D eigenvalue weighted by Crippen LogP contribution is 2.25. The van der Waals surface area contributed by atoms with Crippen molar-refractivity contribution in [2.24, 2.45) is 5.92 Å². The van der Waals surface area contributed by atoms with Gasteiger partial charge in [-0.3, -0.25) is 4.79 Å². The Hall–Kier alpha value is -1.51. The van der Waals surface area contributed by atoms with Gasteiger partial charge in [-0.1, -0.05) is 32.9 Å². The van der Waals surface area contributed by atoms with Crippen LogP contribution in [0.5, 0.6) is 5.75 Å². The fraction of sp³-hybridized carbons (Fsp3) is 0.533. The lowest BCUT2D eigenvalue weighted by Gasteiger charge is -2.20. The summed E-state index contributed by atoms with van der Waals surface area (Å²) in [6, 6.07) is 7.97. The van der Waals surface area contributed by atoms with E-state index in [0.717, 1.165) is 5.75 Å². The summed E-state index contributed by atoms with van der Waals surface area (Å²) in [6.45, 7) is 8.59. The molecule has 3 heteroatoms. The Morgan fingerprint density at radius 2 is 2.00 bits per heavy atom. The molecule has 0 saturated carbocycles. The number of methoxy groups -OCH3 is 1. The number of ether oxygens (including phenoxy) is 2. The van der Waals surface area contributed by atoms with E-state index < -0.39 is 0 Å². The number of esters is 1. The maximum Gasteiger partial charge on any atom is 0.311 e. The van der Waals surface area contributed by atoms with Crippen LogP contribution < -0.4 is 4.74 Å². The van der Waals surface area contributed by atoms with Gasteiger partial charge in [0, 0.05) is 0 Å². The number of hydrogen-bond acceptors (Lipinski definition) is 3. The fourth-order valence-corrected chi connectivity index (χ4v) is 1.54. The molecule has 0 bridgehead atoms. The second-order valence-corrected chi connectivity index (χ2v) is 5.51. The number of hydrogen-bond donors (Lipinski definition) is 0. The van der Waals surface area contributed by atoms with Crippen LogP contribution in [0, 0.1) is 5.92 Å². The maximum absolute atomic E-state index is 11.3. The summed E-state index contributed by atoms with van der Waals surface area (Å²) in [6.07, 6.45) is 0. The van der Waals surface area contributed by atoms with Crippen LogP contribution in [0.3, 0.4) is 0 Å². The summed E-state index contributed by atoms with van der Waals surface area (Å²) in [5.74, 6) is 0.286. The van der Waals surface area contributed by atoms with E-state index in [1.165, 1.54) is 12.7 Å². The summed E-state index contributed by atoms with van der Waals surface area (Å²) in [5.41, 5.74) is 1.30. The first-order chi connectivity index (χ1) is 8.34. The van der Waals surface area contributed by atoms with Gasteiger partial charge in [0.2, 0.25) is 0 Å². The summed E-state index contributed by atoms with van der Waals surface area (Å²) < 4.78 is 10.3. The normalized spacial score (nSPS) is 12.9. The molecule has 1 aromatic carbocycles. The SMILES string of the molecule is COC(=O)C(C)COc1cccc(C(C)(C)C)c1. The third-order valence-electron chi connectivity index (χ3n) is 2.80. The van der Waals surface area contributed by atoms with Gasteiger partial charge in [0.05, 0.1) is 13.0 Å². The number of benzene rings is 1. The summed E-state index contributed by atoms with van der Waals surface area (Å²) in [7, 11) is 1.39. The third kappa shape index (κ3) is 4.06. The highest BCUT2D eigenvalue weighted by atomic mass is 16.5. The predicted molar refractivity (Wildman–Crippen MR) is 71.8 cm³/mol. The fourth-order valence-electron chi connectivity index (χ4n) is 1.54. The first-order valence-corrected chi connectivity index (χ1v) is 6.15. The van der Waals surface area contributed by atoms with Crippen molar-refractivity contribution in [3.63, 3.8) is 0 Å². The lowest BCUT2D eigenvalue weighted by molar-refractivity contribution is -0.145. The van der Waals surface area contributed by atoms with Gasteiger partial charge in [-0.05, 0) is 30.0 Å². The molecule has 1 rings (SSSR count). The molecule has 1 aromatic rings. The molecule has 1 atom stereocenters. The van der Waals surface area contributed by atoms with E-state index in [9.17, 15) is 4.79 Å². The van der Waals surface area contributed by atoms with Crippen molar-refractivity contribution < 1.29 is 14.3 Å². The highest BCUT2D eigenvalue weighted by Gasteiger charge is 2.16. The number of rotatable bonds is 4. The summed E-state index contributed by atoms with van der Waals surface area (Å²) >= 11 is 0. The van der Waals surface area contributed by atoms with E-state index in [1.807, 2.05) is 18.2 Å². The number of carbonyl (C=O) groups is 1. The minimum Gasteiger partial charge on any atom is -0.493 e. The van der Waals surface area contributed by atoms with Gasteiger partial charge in [0.1, 0.15) is 12.4 Å². The Labute approximate surface area is 109 Å². The molecule has 0 amide bonds. The van der Waals surface area contributed by atoms with Crippen LogP contribution in [0.25, 0.3) is 0 Å². The Morgan fingerprint density at radius 3 is 2.56 bits per heavy atom. The van der Waals surface area contributed by atoms with Crippen LogP contribution in [-0.2, 0) is 14.9 Å². The maximum atomic E-state index is 11.3. The molecule has 0 N–H and O–H groups in total. The molecule has 3 nitrogen and oxygen atoms in total. The van der Waals surface area contributed by atoms with Crippen molar-refractivity contribution in [2.45, 2.75) is 33.1 Å². The molecule has 0 aromatic heterocycles. The molecule has 18 heavy (non-hydrogen) atoms. The molecule has 0 radical (unpaired) electrons. The quantitative estimate of drug-likeness (QED) is 0.770. The zero-order chi connectivity index (χ0) is 13.8. The van der Waals surface area contributed by atoms with Crippen molar-refractivity contribution in [3.8, 4) is 5.75 Å².